The fourth-order valence-electron chi connectivity index (χ4n) is 3.75. The third kappa shape index (κ3) is 3.20. The third-order valence-electron chi connectivity index (χ3n) is 5.42. The lowest BCUT2D eigenvalue weighted by atomic mass is 9.95. The highest BCUT2D eigenvalue weighted by atomic mass is 16.2. The Kier molecular flexibility index (Phi) is 4.11. The van der Waals surface area contributed by atoms with Crippen molar-refractivity contribution in [3.05, 3.63) is 50.6 Å². The first kappa shape index (κ1) is 16.3. The van der Waals surface area contributed by atoms with Crippen molar-refractivity contribution in [2.24, 2.45) is 14.1 Å². The maximum atomic E-state index is 12.3. The largest absolute Gasteiger partial charge is 0.345 e. The van der Waals surface area contributed by atoms with Crippen molar-refractivity contribution >= 4 is 0 Å². The van der Waals surface area contributed by atoms with Gasteiger partial charge in [0, 0.05) is 44.9 Å². The van der Waals surface area contributed by atoms with Crippen LogP contribution >= 0.6 is 0 Å². The molecule has 1 aliphatic heterocycles. The zero-order chi connectivity index (χ0) is 17.6. The Morgan fingerprint density at radius 2 is 1.84 bits per heavy atom. The van der Waals surface area contributed by atoms with Gasteiger partial charge in [-0.1, -0.05) is 0 Å². The molecular formula is C18H25N5O2. The minimum atomic E-state index is 0.0278. The van der Waals surface area contributed by atoms with E-state index < -0.39 is 0 Å². The minimum absolute atomic E-state index is 0.0278. The molecule has 2 aliphatic rings. The number of nitrogens with zero attached hydrogens (tertiary/aromatic N) is 5. The number of aromatic nitrogens is 4. The standard InChI is InChI=1S/C18H25N5O2/c1-20-8-5-13(11-16(20)24)12-22-9-6-14(7-10-22)17-19-21(2)18(25)23(17)15-3-4-15/h5,8,11,14-15H,3-4,6-7,9-10,12H2,1-2H3. The fraction of sp³-hybridized carbons (Fsp3) is 0.611. The molecule has 7 nitrogen and oxygen atoms in total. The topological polar surface area (TPSA) is 65.1 Å². The molecule has 0 radical (unpaired) electrons. The van der Waals surface area contributed by atoms with Crippen molar-refractivity contribution in [3.63, 3.8) is 0 Å². The molecule has 0 amide bonds. The lowest BCUT2D eigenvalue weighted by Crippen LogP contribution is -2.34. The Morgan fingerprint density at radius 1 is 1.12 bits per heavy atom. The van der Waals surface area contributed by atoms with Crippen molar-refractivity contribution in [2.45, 2.75) is 44.2 Å². The molecule has 7 heteroatoms. The van der Waals surface area contributed by atoms with Crippen LogP contribution in [0.4, 0.5) is 0 Å². The van der Waals surface area contributed by atoms with Gasteiger partial charge in [0.05, 0.1) is 0 Å². The first-order valence-corrected chi connectivity index (χ1v) is 9.06. The van der Waals surface area contributed by atoms with E-state index in [-0.39, 0.29) is 11.2 Å². The van der Waals surface area contributed by atoms with Crippen LogP contribution in [0.25, 0.3) is 0 Å². The summed E-state index contributed by atoms with van der Waals surface area (Å²) in [5.41, 5.74) is 1.13. The number of rotatable bonds is 4. The Balaban J connectivity index is 1.43. The normalized spacial score (nSPS) is 19.4. The molecule has 3 heterocycles. The van der Waals surface area contributed by atoms with Crippen LogP contribution in [0.5, 0.6) is 0 Å². The molecule has 1 aliphatic carbocycles. The minimum Gasteiger partial charge on any atom is -0.319 e. The van der Waals surface area contributed by atoms with Gasteiger partial charge in [0.25, 0.3) is 5.56 Å². The Morgan fingerprint density at radius 3 is 2.48 bits per heavy atom. The maximum Gasteiger partial charge on any atom is 0.345 e. The highest BCUT2D eigenvalue weighted by Gasteiger charge is 2.33. The monoisotopic (exact) mass is 343 g/mol. The molecule has 0 atom stereocenters. The summed E-state index contributed by atoms with van der Waals surface area (Å²) in [5.74, 6) is 1.33. The number of likely N-dealkylation sites (tertiary alicyclic amines) is 1. The zero-order valence-corrected chi connectivity index (χ0v) is 14.9. The summed E-state index contributed by atoms with van der Waals surface area (Å²) in [7, 11) is 3.51. The van der Waals surface area contributed by atoms with E-state index in [1.807, 2.05) is 16.8 Å². The van der Waals surface area contributed by atoms with E-state index in [9.17, 15) is 9.59 Å². The average molecular weight is 343 g/mol. The van der Waals surface area contributed by atoms with Crippen LogP contribution in [-0.4, -0.2) is 36.9 Å². The smallest absolute Gasteiger partial charge is 0.319 e. The number of pyridine rings is 1. The molecule has 1 saturated carbocycles. The van der Waals surface area contributed by atoms with Crippen molar-refractivity contribution in [1.82, 2.24) is 23.8 Å². The van der Waals surface area contributed by atoms with Crippen LogP contribution in [0.1, 0.15) is 49.0 Å². The van der Waals surface area contributed by atoms with Crippen LogP contribution in [-0.2, 0) is 20.6 Å². The fourth-order valence-corrected chi connectivity index (χ4v) is 3.75. The first-order chi connectivity index (χ1) is 12.0. The lowest BCUT2D eigenvalue weighted by Gasteiger charge is -2.31. The van der Waals surface area contributed by atoms with Crippen molar-refractivity contribution in [1.29, 1.82) is 0 Å². The maximum absolute atomic E-state index is 12.3. The second-order valence-corrected chi connectivity index (χ2v) is 7.40. The SMILES string of the molecule is Cn1ccc(CN2CCC(c3nn(C)c(=O)n3C3CC3)CC2)cc1=O. The predicted octanol–water partition coefficient (Wildman–Crippen LogP) is 0.995. The van der Waals surface area contributed by atoms with Gasteiger partial charge in [0.15, 0.2) is 0 Å². The summed E-state index contributed by atoms with van der Waals surface area (Å²) in [6, 6.07) is 4.10. The Labute approximate surface area is 146 Å². The Hall–Kier alpha value is -2.15. The van der Waals surface area contributed by atoms with Crippen LogP contribution in [0.15, 0.2) is 27.9 Å². The molecule has 2 fully saturated rings. The highest BCUT2D eigenvalue weighted by Crippen LogP contribution is 2.37. The molecule has 0 spiro atoms. The second-order valence-electron chi connectivity index (χ2n) is 7.40. The van der Waals surface area contributed by atoms with E-state index in [2.05, 4.69) is 10.00 Å². The molecule has 0 unspecified atom stereocenters. The van der Waals surface area contributed by atoms with Gasteiger partial charge in [-0.15, -0.1) is 0 Å². The summed E-state index contributed by atoms with van der Waals surface area (Å²) in [5, 5.41) is 4.53. The average Bonchev–Trinajstić information content (AvgIpc) is 3.38. The van der Waals surface area contributed by atoms with Gasteiger partial charge < -0.3 is 4.57 Å². The molecule has 1 saturated heterocycles. The number of aryl methyl sites for hydroxylation is 2. The van der Waals surface area contributed by atoms with E-state index in [4.69, 9.17) is 0 Å². The van der Waals surface area contributed by atoms with Crippen LogP contribution in [0.2, 0.25) is 0 Å². The predicted molar refractivity (Wildman–Crippen MR) is 94.7 cm³/mol. The van der Waals surface area contributed by atoms with E-state index in [0.29, 0.717) is 12.0 Å². The summed E-state index contributed by atoms with van der Waals surface area (Å²) in [6.45, 7) is 2.74. The van der Waals surface area contributed by atoms with E-state index in [1.54, 1.807) is 24.7 Å². The van der Waals surface area contributed by atoms with Crippen LogP contribution < -0.4 is 11.2 Å². The Bertz CT molecular complexity index is 882. The molecule has 2 aromatic heterocycles. The van der Waals surface area contributed by atoms with Gasteiger partial charge in [-0.2, -0.15) is 5.10 Å². The summed E-state index contributed by atoms with van der Waals surface area (Å²) >= 11 is 0. The molecule has 0 bridgehead atoms. The van der Waals surface area contributed by atoms with Crippen molar-refractivity contribution in [2.75, 3.05) is 13.1 Å². The van der Waals surface area contributed by atoms with Crippen molar-refractivity contribution in [3.8, 4) is 0 Å². The number of piperidine rings is 1. The van der Waals surface area contributed by atoms with Crippen LogP contribution in [0, 0.1) is 0 Å². The lowest BCUT2D eigenvalue weighted by molar-refractivity contribution is 0.199. The van der Waals surface area contributed by atoms with Gasteiger partial charge in [-0.25, -0.2) is 9.48 Å². The van der Waals surface area contributed by atoms with Gasteiger partial charge in [-0.05, 0) is 50.4 Å². The van der Waals surface area contributed by atoms with Gasteiger partial charge in [0.2, 0.25) is 0 Å². The number of hydrogen-bond acceptors (Lipinski definition) is 4. The molecule has 4 rings (SSSR count). The van der Waals surface area contributed by atoms with Crippen LogP contribution in [0.3, 0.4) is 0 Å². The third-order valence-corrected chi connectivity index (χ3v) is 5.42. The molecule has 25 heavy (non-hydrogen) atoms. The second kappa shape index (κ2) is 6.29. The van der Waals surface area contributed by atoms with E-state index in [0.717, 1.165) is 56.7 Å². The molecular weight excluding hydrogens is 318 g/mol. The summed E-state index contributed by atoms with van der Waals surface area (Å²) in [4.78, 5) is 26.4. The zero-order valence-electron chi connectivity index (χ0n) is 14.9. The highest BCUT2D eigenvalue weighted by molar-refractivity contribution is 5.11. The van der Waals surface area contributed by atoms with E-state index in [1.165, 1.54) is 4.68 Å². The number of hydrogen-bond donors (Lipinski definition) is 0. The molecule has 2 aromatic rings. The summed E-state index contributed by atoms with van der Waals surface area (Å²) in [6.07, 6.45) is 6.04. The van der Waals surface area contributed by atoms with Gasteiger partial charge in [-0.3, -0.25) is 14.3 Å². The molecule has 0 N–H and O–H groups in total. The quantitative estimate of drug-likeness (QED) is 0.831. The van der Waals surface area contributed by atoms with Gasteiger partial charge in [0.1, 0.15) is 5.82 Å². The molecule has 134 valence electrons. The van der Waals surface area contributed by atoms with Crippen molar-refractivity contribution < 1.29 is 0 Å². The molecule has 0 aromatic carbocycles. The van der Waals surface area contributed by atoms with Gasteiger partial charge >= 0.3 is 5.69 Å². The summed E-state index contributed by atoms with van der Waals surface area (Å²) < 4.78 is 5.01. The first-order valence-electron chi connectivity index (χ1n) is 9.06. The van der Waals surface area contributed by atoms with E-state index >= 15 is 0 Å².